The Kier molecular flexibility index (Phi) is 14.8. The van der Waals surface area contributed by atoms with Gasteiger partial charge in [0.2, 0.25) is 5.91 Å². The molecule has 0 aliphatic carbocycles. The molecule has 0 aromatic heterocycles. The van der Waals surface area contributed by atoms with Gasteiger partial charge in [0.1, 0.15) is 29.5 Å². The molecule has 274 valence electrons. The van der Waals surface area contributed by atoms with Gasteiger partial charge in [-0.2, -0.15) is 0 Å². The van der Waals surface area contributed by atoms with E-state index in [1.54, 1.807) is 59.7 Å². The van der Waals surface area contributed by atoms with Crippen molar-refractivity contribution in [1.29, 1.82) is 0 Å². The molecule has 2 aromatic rings. The number of esters is 2. The number of carbonyl (C=O) groups excluding carboxylic acids is 6. The van der Waals surface area contributed by atoms with E-state index in [1.807, 2.05) is 32.9 Å². The highest BCUT2D eigenvalue weighted by atomic mass is 16.6. The predicted molar refractivity (Wildman–Crippen MR) is 188 cm³/mol. The van der Waals surface area contributed by atoms with E-state index in [-0.39, 0.29) is 29.8 Å². The van der Waals surface area contributed by atoms with Crippen LogP contribution in [0.3, 0.4) is 0 Å². The number of alkyl carbamates (subject to hydrolysis) is 1. The molecular weight excluding hydrogens is 646 g/mol. The van der Waals surface area contributed by atoms with Gasteiger partial charge in [-0.25, -0.2) is 14.4 Å². The summed E-state index contributed by atoms with van der Waals surface area (Å²) in [6, 6.07) is 11.1. The largest absolute Gasteiger partial charge is 0.460 e. The predicted octanol–water partition coefficient (Wildman–Crippen LogP) is 4.57. The fourth-order valence-corrected chi connectivity index (χ4v) is 4.33. The number of carbonyl (C=O) groups is 6. The molecule has 14 heteroatoms. The minimum Gasteiger partial charge on any atom is -0.460 e. The van der Waals surface area contributed by atoms with Gasteiger partial charge in [-0.15, -0.1) is 0 Å². The summed E-state index contributed by atoms with van der Waals surface area (Å²) in [5, 5.41) is 12.8. The van der Waals surface area contributed by atoms with Crippen LogP contribution in [0.5, 0.6) is 5.75 Å². The van der Waals surface area contributed by atoms with Gasteiger partial charge in [-0.3, -0.25) is 14.4 Å². The van der Waals surface area contributed by atoms with Crippen molar-refractivity contribution in [3.63, 3.8) is 0 Å². The number of para-hydroxylation sites is 1. The van der Waals surface area contributed by atoms with Crippen LogP contribution in [-0.4, -0.2) is 72.8 Å². The molecule has 1 atom stereocenters. The Bertz CT molecular complexity index is 1520. The maximum atomic E-state index is 13.3. The minimum absolute atomic E-state index is 0.0875. The van der Waals surface area contributed by atoms with Crippen molar-refractivity contribution < 1.29 is 43.0 Å². The molecule has 0 aliphatic rings. The molecule has 5 amide bonds. The van der Waals surface area contributed by atoms with Gasteiger partial charge in [0, 0.05) is 29.9 Å². The molecule has 0 fully saturated rings. The van der Waals surface area contributed by atoms with Crippen molar-refractivity contribution in [2.24, 2.45) is 0 Å². The van der Waals surface area contributed by atoms with Gasteiger partial charge in [0.25, 0.3) is 5.91 Å². The van der Waals surface area contributed by atoms with Crippen molar-refractivity contribution in [2.45, 2.75) is 97.8 Å². The van der Waals surface area contributed by atoms with Gasteiger partial charge in [-0.1, -0.05) is 45.0 Å². The lowest BCUT2D eigenvalue weighted by Gasteiger charge is -2.23. The summed E-state index contributed by atoms with van der Waals surface area (Å²) in [4.78, 5) is 76.0. The van der Waals surface area contributed by atoms with Crippen molar-refractivity contribution in [3.8, 4) is 5.75 Å². The monoisotopic (exact) mass is 697 g/mol. The first kappa shape index (κ1) is 41.0. The van der Waals surface area contributed by atoms with Gasteiger partial charge < -0.3 is 40.8 Å². The zero-order chi connectivity index (χ0) is 37.7. The topological polar surface area (TPSA) is 190 Å². The first-order chi connectivity index (χ1) is 23.1. The highest BCUT2D eigenvalue weighted by Crippen LogP contribution is 2.31. The first-order valence-corrected chi connectivity index (χ1v) is 16.4. The number of urea groups is 1. The van der Waals surface area contributed by atoms with Crippen molar-refractivity contribution in [3.05, 3.63) is 59.7 Å². The molecule has 50 heavy (non-hydrogen) atoms. The van der Waals surface area contributed by atoms with E-state index in [0.717, 1.165) is 5.56 Å². The zero-order valence-corrected chi connectivity index (χ0v) is 30.4. The summed E-state index contributed by atoms with van der Waals surface area (Å²) in [5.41, 5.74) is -0.591. The van der Waals surface area contributed by atoms with E-state index in [2.05, 4.69) is 26.6 Å². The lowest BCUT2D eigenvalue weighted by atomic mass is 9.86. The first-order valence-electron chi connectivity index (χ1n) is 16.4. The Labute approximate surface area is 293 Å². The molecule has 0 spiro atoms. The van der Waals surface area contributed by atoms with Crippen LogP contribution in [0.15, 0.2) is 48.5 Å². The fourth-order valence-electron chi connectivity index (χ4n) is 4.33. The SMILES string of the molecule is CC(C)(C)OC(=O)C[C@H](NC(=O)c1cccc(NC(=O)NCCCNC(=O)OC(C)(C)C)c1)C(=O)NCC(=O)Oc1ccccc1C(C)(C)C. The maximum Gasteiger partial charge on any atom is 0.407 e. The average Bonchev–Trinajstić information content (AvgIpc) is 2.97. The molecule has 14 nitrogen and oxygen atoms in total. The van der Waals surface area contributed by atoms with Crippen molar-refractivity contribution in [1.82, 2.24) is 21.3 Å². The Balaban J connectivity index is 2.02. The summed E-state index contributed by atoms with van der Waals surface area (Å²) < 4.78 is 16.0. The van der Waals surface area contributed by atoms with Crippen LogP contribution in [0.4, 0.5) is 15.3 Å². The molecule has 0 aliphatic heterocycles. The highest BCUT2D eigenvalue weighted by molar-refractivity contribution is 6.00. The third-order valence-corrected chi connectivity index (χ3v) is 6.43. The number of benzene rings is 2. The van der Waals surface area contributed by atoms with Crippen LogP contribution in [-0.2, 0) is 29.3 Å². The van der Waals surface area contributed by atoms with Gasteiger partial charge >= 0.3 is 24.1 Å². The molecular formula is C36H51N5O9. The maximum absolute atomic E-state index is 13.3. The smallest absolute Gasteiger partial charge is 0.407 e. The number of amides is 5. The minimum atomic E-state index is -1.40. The number of hydrogen-bond acceptors (Lipinski definition) is 9. The Morgan fingerprint density at radius 1 is 0.720 bits per heavy atom. The van der Waals surface area contributed by atoms with E-state index < -0.39 is 66.1 Å². The second-order valence-corrected chi connectivity index (χ2v) is 14.5. The van der Waals surface area contributed by atoms with Gasteiger partial charge in [0.05, 0.1) is 6.42 Å². The van der Waals surface area contributed by atoms with E-state index in [4.69, 9.17) is 14.2 Å². The Morgan fingerprint density at radius 2 is 1.36 bits per heavy atom. The Hall–Kier alpha value is -5.14. The normalized spacial score (nSPS) is 12.1. The molecule has 2 rings (SSSR count). The lowest BCUT2D eigenvalue weighted by Crippen LogP contribution is -2.49. The van der Waals surface area contributed by atoms with E-state index in [1.165, 1.54) is 18.2 Å². The molecule has 5 N–H and O–H groups in total. The second-order valence-electron chi connectivity index (χ2n) is 14.5. The fraction of sp³-hybridized carbons (Fsp3) is 0.500. The molecule has 0 saturated heterocycles. The zero-order valence-electron chi connectivity index (χ0n) is 30.4. The van der Waals surface area contributed by atoms with Crippen LogP contribution in [0.25, 0.3) is 0 Å². The average molecular weight is 698 g/mol. The number of ether oxygens (including phenoxy) is 3. The van der Waals surface area contributed by atoms with Crippen molar-refractivity contribution in [2.75, 3.05) is 25.0 Å². The molecule has 0 radical (unpaired) electrons. The summed E-state index contributed by atoms with van der Waals surface area (Å²) >= 11 is 0. The summed E-state index contributed by atoms with van der Waals surface area (Å²) in [6.45, 7) is 16.2. The van der Waals surface area contributed by atoms with Gasteiger partial charge in [0.15, 0.2) is 0 Å². The molecule has 2 aromatic carbocycles. The summed E-state index contributed by atoms with van der Waals surface area (Å²) in [7, 11) is 0. The van der Waals surface area contributed by atoms with E-state index >= 15 is 0 Å². The van der Waals surface area contributed by atoms with Crippen LogP contribution < -0.4 is 31.3 Å². The van der Waals surface area contributed by atoms with E-state index in [0.29, 0.717) is 12.2 Å². The summed E-state index contributed by atoms with van der Waals surface area (Å²) in [5.74, 6) is -2.65. The Morgan fingerprint density at radius 3 is 2.00 bits per heavy atom. The number of nitrogens with one attached hydrogen (secondary N) is 5. The van der Waals surface area contributed by atoms with Crippen LogP contribution >= 0.6 is 0 Å². The third-order valence-electron chi connectivity index (χ3n) is 6.43. The lowest BCUT2D eigenvalue weighted by molar-refractivity contribution is -0.156. The highest BCUT2D eigenvalue weighted by Gasteiger charge is 2.28. The molecule has 0 bridgehead atoms. The molecule has 0 saturated carbocycles. The second kappa shape index (κ2) is 18.0. The van der Waals surface area contributed by atoms with Crippen LogP contribution in [0, 0.1) is 0 Å². The molecule has 0 heterocycles. The van der Waals surface area contributed by atoms with Crippen molar-refractivity contribution >= 4 is 41.6 Å². The quantitative estimate of drug-likeness (QED) is 0.113. The third kappa shape index (κ3) is 15.8. The van der Waals surface area contributed by atoms with E-state index in [9.17, 15) is 28.8 Å². The number of anilines is 1. The number of rotatable bonds is 13. The standard InChI is InChI=1S/C36H51N5O9/c1-34(2,3)25-16-10-11-17-27(25)48-29(43)22-39-31(45)26(21-28(42)49-35(4,5)6)41-30(44)23-14-12-15-24(20-23)40-32(46)37-18-13-19-38-33(47)50-36(7,8)9/h10-12,14-17,20,26H,13,18-19,21-22H2,1-9H3,(H,38,47)(H,39,45)(H,41,44)(H2,37,40,46)/t26-/m0/s1. The molecule has 0 unspecified atom stereocenters. The van der Waals surface area contributed by atoms with Crippen LogP contribution in [0.2, 0.25) is 0 Å². The summed E-state index contributed by atoms with van der Waals surface area (Å²) in [6.07, 6.45) is -0.624. The van der Waals surface area contributed by atoms with Gasteiger partial charge in [-0.05, 0) is 77.6 Å². The number of hydrogen-bond donors (Lipinski definition) is 5. The van der Waals surface area contributed by atoms with Crippen LogP contribution in [0.1, 0.15) is 91.1 Å².